The van der Waals surface area contributed by atoms with E-state index in [1.54, 1.807) is 18.2 Å². The molecule has 4 aliphatic rings. The molecule has 1 heterocycles. The average Bonchev–Trinajstić information content (AvgIpc) is 2.78. The summed E-state index contributed by atoms with van der Waals surface area (Å²) in [6.45, 7) is 0. The third kappa shape index (κ3) is 1.74. The molecule has 5 heteroatoms. The number of halogens is 2. The van der Waals surface area contributed by atoms with Crippen molar-refractivity contribution in [3.05, 3.63) is 40.4 Å². The van der Waals surface area contributed by atoms with Gasteiger partial charge in [0.25, 0.3) is 0 Å². The number of amides is 2. The van der Waals surface area contributed by atoms with Gasteiger partial charge in [-0.2, -0.15) is 0 Å². The summed E-state index contributed by atoms with van der Waals surface area (Å²) in [6, 6.07) is 5.03. The van der Waals surface area contributed by atoms with E-state index in [4.69, 9.17) is 23.2 Å². The second kappa shape index (κ2) is 4.59. The molecule has 1 saturated carbocycles. The third-order valence-corrected chi connectivity index (χ3v) is 5.74. The molecular weight excluding hydrogens is 309 g/mol. The van der Waals surface area contributed by atoms with E-state index >= 15 is 0 Å². The highest BCUT2D eigenvalue weighted by atomic mass is 35.5. The first-order valence-electron chi connectivity index (χ1n) is 7.09. The Balaban J connectivity index is 1.81. The fourth-order valence-corrected chi connectivity index (χ4v) is 4.36. The minimum atomic E-state index is -0.226. The zero-order valence-electron chi connectivity index (χ0n) is 11.1. The van der Waals surface area contributed by atoms with E-state index in [0.717, 1.165) is 12.8 Å². The molecule has 1 aromatic rings. The second-order valence-electron chi connectivity index (χ2n) is 5.93. The molecule has 0 aromatic heterocycles. The van der Waals surface area contributed by atoms with E-state index in [9.17, 15) is 9.59 Å². The Labute approximate surface area is 132 Å². The van der Waals surface area contributed by atoms with E-state index in [2.05, 4.69) is 12.2 Å². The van der Waals surface area contributed by atoms with Gasteiger partial charge in [0.1, 0.15) is 0 Å². The normalized spacial score (nSPS) is 33.7. The number of nitrogens with zero attached hydrogens (tertiary/aromatic N) is 1. The lowest BCUT2D eigenvalue weighted by Crippen LogP contribution is -2.38. The smallest absolute Gasteiger partial charge is 0.238 e. The predicted octanol–water partition coefficient (Wildman–Crippen LogP) is 3.70. The average molecular weight is 322 g/mol. The Morgan fingerprint density at radius 3 is 2.05 bits per heavy atom. The Morgan fingerprint density at radius 1 is 0.952 bits per heavy atom. The van der Waals surface area contributed by atoms with Gasteiger partial charge < -0.3 is 0 Å². The summed E-state index contributed by atoms with van der Waals surface area (Å²) in [4.78, 5) is 26.8. The molecule has 1 saturated heterocycles. The van der Waals surface area contributed by atoms with Crippen LogP contribution in [-0.2, 0) is 9.59 Å². The van der Waals surface area contributed by atoms with Gasteiger partial charge in [0, 0.05) is 0 Å². The Bertz CT molecular complexity index is 653. The molecule has 0 spiro atoms. The number of fused-ring (bicyclic) bond motifs is 1. The highest BCUT2D eigenvalue weighted by Gasteiger charge is 2.57. The summed E-state index contributed by atoms with van der Waals surface area (Å²) in [6.07, 6.45) is 6.17. The van der Waals surface area contributed by atoms with Gasteiger partial charge in [-0.05, 0) is 36.8 Å². The molecular formula is C16H13Cl2NO2. The minimum Gasteiger partial charge on any atom is -0.274 e. The summed E-state index contributed by atoms with van der Waals surface area (Å²) < 4.78 is 0. The highest BCUT2D eigenvalue weighted by Crippen LogP contribution is 2.51. The molecule has 5 rings (SSSR count). The Hall–Kier alpha value is -1.32. The van der Waals surface area contributed by atoms with Crippen molar-refractivity contribution in [3.8, 4) is 0 Å². The summed E-state index contributed by atoms with van der Waals surface area (Å²) in [5.41, 5.74) is 0.410. The fourth-order valence-electron chi connectivity index (χ4n) is 3.98. The van der Waals surface area contributed by atoms with Crippen LogP contribution in [0.25, 0.3) is 0 Å². The van der Waals surface area contributed by atoms with Crippen LogP contribution in [0.5, 0.6) is 0 Å². The molecule has 1 aliphatic heterocycles. The second-order valence-corrected chi connectivity index (χ2v) is 6.71. The van der Waals surface area contributed by atoms with Crippen LogP contribution in [0.1, 0.15) is 12.8 Å². The monoisotopic (exact) mass is 321 g/mol. The van der Waals surface area contributed by atoms with Gasteiger partial charge >= 0.3 is 0 Å². The van der Waals surface area contributed by atoms with Crippen molar-refractivity contribution >= 4 is 40.7 Å². The summed E-state index contributed by atoms with van der Waals surface area (Å²) in [5, 5.41) is 0.616. The van der Waals surface area contributed by atoms with Crippen LogP contribution in [0.2, 0.25) is 10.0 Å². The molecule has 3 aliphatic carbocycles. The molecule has 2 fully saturated rings. The SMILES string of the molecule is O=C1[C@@H]2[C@H](C(=O)N1c1cccc(Cl)c1Cl)[C@H]1C=C[C@H]2CC1. The van der Waals surface area contributed by atoms with Crippen LogP contribution in [0.15, 0.2) is 30.4 Å². The Morgan fingerprint density at radius 2 is 1.52 bits per heavy atom. The number of hydrogen-bond acceptors (Lipinski definition) is 2. The molecule has 108 valence electrons. The zero-order valence-corrected chi connectivity index (χ0v) is 12.6. The number of carbonyl (C=O) groups excluding carboxylic acids is 2. The first-order chi connectivity index (χ1) is 10.1. The van der Waals surface area contributed by atoms with Crippen LogP contribution < -0.4 is 4.90 Å². The standard InChI is InChI=1S/C16H13Cl2NO2/c17-10-2-1-3-11(14(10)18)19-15(20)12-8-4-5-9(7-6-8)13(12)16(19)21/h1-5,8-9,12-13H,6-7H2/t8-,9-,12-,13+/m0/s1. The molecule has 3 nitrogen and oxygen atoms in total. The van der Waals surface area contributed by atoms with E-state index in [1.165, 1.54) is 4.90 Å². The van der Waals surface area contributed by atoms with Gasteiger partial charge in [0.15, 0.2) is 0 Å². The Kier molecular flexibility index (Phi) is 2.92. The minimum absolute atomic E-state index is 0.131. The molecule has 1 aromatic carbocycles. The van der Waals surface area contributed by atoms with Crippen LogP contribution in [-0.4, -0.2) is 11.8 Å². The van der Waals surface area contributed by atoms with Crippen LogP contribution >= 0.6 is 23.2 Å². The lowest BCUT2D eigenvalue weighted by molar-refractivity contribution is -0.124. The maximum absolute atomic E-state index is 12.8. The number of benzene rings is 1. The van der Waals surface area contributed by atoms with Gasteiger partial charge in [-0.1, -0.05) is 41.4 Å². The van der Waals surface area contributed by atoms with Crippen LogP contribution in [0.3, 0.4) is 0 Å². The molecule has 0 unspecified atom stereocenters. The molecule has 21 heavy (non-hydrogen) atoms. The third-order valence-electron chi connectivity index (χ3n) is 4.93. The van der Waals surface area contributed by atoms with Crippen LogP contribution in [0, 0.1) is 23.7 Å². The molecule has 2 bridgehead atoms. The predicted molar refractivity (Wildman–Crippen MR) is 81.3 cm³/mol. The number of rotatable bonds is 1. The summed E-state index contributed by atoms with van der Waals surface area (Å²) >= 11 is 12.2. The van der Waals surface area contributed by atoms with Gasteiger partial charge in [0.05, 0.1) is 27.6 Å². The lowest BCUT2D eigenvalue weighted by atomic mass is 9.63. The van der Waals surface area contributed by atoms with Crippen molar-refractivity contribution in [2.24, 2.45) is 23.7 Å². The number of hydrogen-bond donors (Lipinski definition) is 0. The lowest BCUT2D eigenvalue weighted by Gasteiger charge is -2.38. The van der Waals surface area contributed by atoms with E-state index in [1.807, 2.05) is 0 Å². The van der Waals surface area contributed by atoms with Crippen molar-refractivity contribution in [2.75, 3.05) is 4.90 Å². The molecule has 0 N–H and O–H groups in total. The van der Waals surface area contributed by atoms with Crippen molar-refractivity contribution < 1.29 is 9.59 Å². The van der Waals surface area contributed by atoms with E-state index < -0.39 is 0 Å². The van der Waals surface area contributed by atoms with Gasteiger partial charge in [0.2, 0.25) is 11.8 Å². The van der Waals surface area contributed by atoms with Crippen molar-refractivity contribution in [2.45, 2.75) is 12.8 Å². The maximum atomic E-state index is 12.8. The quantitative estimate of drug-likeness (QED) is 0.584. The number of imide groups is 1. The molecule has 0 radical (unpaired) electrons. The zero-order chi connectivity index (χ0) is 14.7. The number of allylic oxidation sites excluding steroid dienone is 2. The first kappa shape index (κ1) is 13.4. The van der Waals surface area contributed by atoms with Gasteiger partial charge in [-0.15, -0.1) is 0 Å². The van der Waals surface area contributed by atoms with Crippen molar-refractivity contribution in [1.82, 2.24) is 0 Å². The summed E-state index contributed by atoms with van der Waals surface area (Å²) in [5.74, 6) is -0.354. The van der Waals surface area contributed by atoms with Gasteiger partial charge in [-0.25, -0.2) is 4.90 Å². The van der Waals surface area contributed by atoms with Gasteiger partial charge in [-0.3, -0.25) is 9.59 Å². The highest BCUT2D eigenvalue weighted by molar-refractivity contribution is 6.44. The maximum Gasteiger partial charge on any atom is 0.238 e. The van der Waals surface area contributed by atoms with Crippen molar-refractivity contribution in [3.63, 3.8) is 0 Å². The number of carbonyl (C=O) groups is 2. The summed E-state index contributed by atoms with van der Waals surface area (Å²) in [7, 11) is 0. The van der Waals surface area contributed by atoms with E-state index in [-0.39, 0.29) is 40.5 Å². The molecule has 4 atom stereocenters. The first-order valence-corrected chi connectivity index (χ1v) is 7.85. The fraction of sp³-hybridized carbons (Fsp3) is 0.375. The molecule has 2 amide bonds. The van der Waals surface area contributed by atoms with Crippen LogP contribution in [0.4, 0.5) is 5.69 Å². The number of anilines is 1. The topological polar surface area (TPSA) is 37.4 Å². The largest absolute Gasteiger partial charge is 0.274 e. The van der Waals surface area contributed by atoms with Crippen molar-refractivity contribution in [1.29, 1.82) is 0 Å². The van der Waals surface area contributed by atoms with E-state index in [0.29, 0.717) is 10.7 Å².